The molecule has 128 valence electrons. The highest BCUT2D eigenvalue weighted by atomic mass is 35.5. The Morgan fingerprint density at radius 1 is 1.24 bits per heavy atom. The lowest BCUT2D eigenvalue weighted by molar-refractivity contribution is -0.123. The third-order valence-electron chi connectivity index (χ3n) is 3.54. The van der Waals surface area contributed by atoms with Crippen LogP contribution in [-0.2, 0) is 11.3 Å². The predicted molar refractivity (Wildman–Crippen MR) is 94.0 cm³/mol. The molecule has 0 bridgehead atoms. The summed E-state index contributed by atoms with van der Waals surface area (Å²) in [5.74, 6) is 0.149. The molecule has 1 N–H and O–H groups in total. The van der Waals surface area contributed by atoms with E-state index in [0.717, 1.165) is 5.65 Å². The molecule has 7 heteroatoms. The molecule has 2 heterocycles. The van der Waals surface area contributed by atoms with Crippen LogP contribution in [-0.4, -0.2) is 27.7 Å². The van der Waals surface area contributed by atoms with Crippen molar-refractivity contribution < 1.29 is 14.3 Å². The largest absolute Gasteiger partial charge is 0.484 e. The Morgan fingerprint density at radius 3 is 2.88 bits per heavy atom. The Bertz CT molecular complexity index is 936. The van der Waals surface area contributed by atoms with Crippen molar-refractivity contribution in [1.82, 2.24) is 14.7 Å². The Kier molecular flexibility index (Phi) is 5.00. The van der Waals surface area contributed by atoms with Crippen LogP contribution in [0.3, 0.4) is 0 Å². The van der Waals surface area contributed by atoms with Crippen molar-refractivity contribution in [1.29, 1.82) is 0 Å². The molecule has 0 saturated carbocycles. The van der Waals surface area contributed by atoms with Crippen LogP contribution >= 0.6 is 11.6 Å². The van der Waals surface area contributed by atoms with Gasteiger partial charge in [-0.05, 0) is 31.2 Å². The average molecular weight is 358 g/mol. The van der Waals surface area contributed by atoms with Crippen molar-refractivity contribution in [2.75, 3.05) is 6.61 Å². The molecule has 0 saturated heterocycles. The zero-order valence-corrected chi connectivity index (χ0v) is 14.3. The quantitative estimate of drug-likeness (QED) is 0.688. The smallest absolute Gasteiger partial charge is 0.258 e. The third kappa shape index (κ3) is 4.36. The number of carbonyl (C=O) groups excluding carboxylic acids is 2. The first-order chi connectivity index (χ1) is 12.0. The van der Waals surface area contributed by atoms with Crippen LogP contribution in [0.5, 0.6) is 5.75 Å². The van der Waals surface area contributed by atoms with Crippen LogP contribution in [0.15, 0.2) is 48.8 Å². The van der Waals surface area contributed by atoms with Crippen LogP contribution in [0.25, 0.3) is 5.65 Å². The SMILES string of the molecule is CC(=O)c1cccc(OCC(=O)NCc2cn3cc(Cl)ccc3n2)c1. The van der Waals surface area contributed by atoms with E-state index >= 15 is 0 Å². The van der Waals surface area contributed by atoms with E-state index in [-0.39, 0.29) is 24.8 Å². The number of nitrogens with zero attached hydrogens (tertiary/aromatic N) is 2. The van der Waals surface area contributed by atoms with E-state index in [0.29, 0.717) is 22.0 Å². The van der Waals surface area contributed by atoms with Gasteiger partial charge in [-0.3, -0.25) is 9.59 Å². The molecular formula is C18H16ClN3O3. The third-order valence-corrected chi connectivity index (χ3v) is 3.77. The van der Waals surface area contributed by atoms with E-state index in [9.17, 15) is 9.59 Å². The highest BCUT2D eigenvalue weighted by molar-refractivity contribution is 6.30. The Balaban J connectivity index is 1.53. The number of pyridine rings is 1. The van der Waals surface area contributed by atoms with Gasteiger partial charge in [-0.15, -0.1) is 0 Å². The van der Waals surface area contributed by atoms with Crippen LogP contribution in [0, 0.1) is 0 Å². The molecule has 0 atom stereocenters. The van der Waals surface area contributed by atoms with E-state index in [4.69, 9.17) is 16.3 Å². The van der Waals surface area contributed by atoms with Gasteiger partial charge in [-0.1, -0.05) is 23.7 Å². The van der Waals surface area contributed by atoms with E-state index in [1.165, 1.54) is 6.92 Å². The Morgan fingerprint density at radius 2 is 2.08 bits per heavy atom. The molecule has 3 aromatic rings. The number of imidazole rings is 1. The molecule has 0 aliphatic heterocycles. The lowest BCUT2D eigenvalue weighted by Crippen LogP contribution is -2.28. The van der Waals surface area contributed by atoms with Crippen molar-refractivity contribution in [2.45, 2.75) is 13.5 Å². The first kappa shape index (κ1) is 17.0. The van der Waals surface area contributed by atoms with Gasteiger partial charge in [0.05, 0.1) is 17.3 Å². The molecular weight excluding hydrogens is 342 g/mol. The molecule has 1 amide bonds. The lowest BCUT2D eigenvalue weighted by Gasteiger charge is -2.07. The molecule has 1 aromatic carbocycles. The summed E-state index contributed by atoms with van der Waals surface area (Å²) in [5, 5.41) is 3.36. The number of ketones is 1. The summed E-state index contributed by atoms with van der Waals surface area (Å²) in [4.78, 5) is 27.6. The van der Waals surface area contributed by atoms with E-state index in [1.54, 1.807) is 53.2 Å². The van der Waals surface area contributed by atoms with Gasteiger partial charge in [0.2, 0.25) is 0 Å². The second kappa shape index (κ2) is 7.36. The number of nitrogens with one attached hydrogen (secondary N) is 1. The van der Waals surface area contributed by atoms with E-state index in [1.807, 2.05) is 0 Å². The summed E-state index contributed by atoms with van der Waals surface area (Å²) >= 11 is 5.93. The molecule has 2 aromatic heterocycles. The summed E-state index contributed by atoms with van der Waals surface area (Å²) in [5.41, 5.74) is 2.02. The van der Waals surface area contributed by atoms with Crippen molar-refractivity contribution in [2.24, 2.45) is 0 Å². The van der Waals surface area contributed by atoms with Crippen molar-refractivity contribution in [3.05, 3.63) is 65.1 Å². The van der Waals surface area contributed by atoms with E-state index in [2.05, 4.69) is 10.3 Å². The predicted octanol–water partition coefficient (Wildman–Crippen LogP) is 2.89. The van der Waals surface area contributed by atoms with Gasteiger partial charge in [-0.25, -0.2) is 4.98 Å². The minimum absolute atomic E-state index is 0.0538. The first-order valence-corrected chi connectivity index (χ1v) is 8.03. The normalized spacial score (nSPS) is 10.6. The molecule has 25 heavy (non-hydrogen) atoms. The second-order valence-corrected chi connectivity index (χ2v) is 5.93. The Hall–Kier alpha value is -2.86. The van der Waals surface area contributed by atoms with Crippen molar-refractivity contribution in [3.63, 3.8) is 0 Å². The molecule has 0 unspecified atom stereocenters. The number of hydrogen-bond acceptors (Lipinski definition) is 4. The summed E-state index contributed by atoms with van der Waals surface area (Å²) in [7, 11) is 0. The molecule has 0 spiro atoms. The summed E-state index contributed by atoms with van der Waals surface area (Å²) in [6, 6.07) is 10.3. The van der Waals surface area contributed by atoms with Crippen molar-refractivity contribution in [3.8, 4) is 5.75 Å². The topological polar surface area (TPSA) is 72.7 Å². The fraction of sp³-hybridized carbons (Fsp3) is 0.167. The van der Waals surface area contributed by atoms with Gasteiger partial charge in [0, 0.05) is 18.0 Å². The standard InChI is InChI=1S/C18H16ClN3O3/c1-12(23)13-3-2-4-16(7-13)25-11-18(24)20-8-15-10-22-9-14(19)5-6-17(22)21-15/h2-7,9-10H,8,11H2,1H3,(H,20,24). The Labute approximate surface area is 149 Å². The molecule has 0 fully saturated rings. The fourth-order valence-corrected chi connectivity index (χ4v) is 2.46. The molecule has 0 aliphatic rings. The molecule has 3 rings (SSSR count). The van der Waals surface area contributed by atoms with Crippen LogP contribution < -0.4 is 10.1 Å². The number of hydrogen-bond donors (Lipinski definition) is 1. The summed E-state index contributed by atoms with van der Waals surface area (Å²) < 4.78 is 7.21. The summed E-state index contributed by atoms with van der Waals surface area (Å²) in [6.45, 7) is 1.63. The highest BCUT2D eigenvalue weighted by Crippen LogP contribution is 2.14. The maximum atomic E-state index is 11.9. The lowest BCUT2D eigenvalue weighted by atomic mass is 10.1. The molecule has 0 aliphatic carbocycles. The number of benzene rings is 1. The van der Waals surface area contributed by atoms with Gasteiger partial charge >= 0.3 is 0 Å². The fourth-order valence-electron chi connectivity index (χ4n) is 2.30. The van der Waals surface area contributed by atoms with Crippen molar-refractivity contribution >= 4 is 28.9 Å². The second-order valence-electron chi connectivity index (χ2n) is 5.49. The monoisotopic (exact) mass is 357 g/mol. The number of amides is 1. The minimum atomic E-state index is -0.275. The number of halogens is 1. The zero-order chi connectivity index (χ0) is 17.8. The van der Waals surface area contributed by atoms with Gasteiger partial charge in [0.15, 0.2) is 12.4 Å². The maximum absolute atomic E-state index is 11.9. The molecule has 6 nitrogen and oxygen atoms in total. The maximum Gasteiger partial charge on any atom is 0.258 e. The molecule has 0 radical (unpaired) electrons. The first-order valence-electron chi connectivity index (χ1n) is 7.65. The minimum Gasteiger partial charge on any atom is -0.484 e. The van der Waals surface area contributed by atoms with Gasteiger partial charge < -0.3 is 14.5 Å². The number of rotatable bonds is 6. The number of fused-ring (bicyclic) bond motifs is 1. The zero-order valence-electron chi connectivity index (χ0n) is 13.5. The number of ether oxygens (including phenoxy) is 1. The number of Topliss-reactive ketones (excluding diaryl/α,β-unsaturated/α-hetero) is 1. The number of aromatic nitrogens is 2. The van der Waals surface area contributed by atoms with Crippen LogP contribution in [0.4, 0.5) is 0 Å². The van der Waals surface area contributed by atoms with Gasteiger partial charge in [-0.2, -0.15) is 0 Å². The summed E-state index contributed by atoms with van der Waals surface area (Å²) in [6.07, 6.45) is 3.55. The highest BCUT2D eigenvalue weighted by Gasteiger charge is 2.07. The van der Waals surface area contributed by atoms with Gasteiger partial charge in [0.25, 0.3) is 5.91 Å². The van der Waals surface area contributed by atoms with E-state index < -0.39 is 0 Å². The van der Waals surface area contributed by atoms with Crippen LogP contribution in [0.2, 0.25) is 5.02 Å². The van der Waals surface area contributed by atoms with Gasteiger partial charge in [0.1, 0.15) is 11.4 Å². The van der Waals surface area contributed by atoms with Crippen LogP contribution in [0.1, 0.15) is 23.0 Å². The number of carbonyl (C=O) groups is 2. The average Bonchev–Trinajstić information content (AvgIpc) is 3.00.